The molecule has 0 fully saturated rings. The van der Waals surface area contributed by atoms with Crippen LogP contribution in [0.5, 0.6) is 0 Å². The van der Waals surface area contributed by atoms with Crippen LogP contribution >= 0.6 is 0 Å². The van der Waals surface area contributed by atoms with Gasteiger partial charge < -0.3 is 20.6 Å². The molecule has 9 nitrogen and oxygen atoms in total. The fourth-order valence-electron chi connectivity index (χ4n) is 1.38. The first kappa shape index (κ1) is 21.5. The molecule has 24 heavy (non-hydrogen) atoms. The average molecular weight is 341 g/mol. The Labute approximate surface area is 139 Å². The van der Waals surface area contributed by atoms with Crippen LogP contribution in [0.4, 0.5) is 0 Å². The molecule has 0 aliphatic rings. The number of amides is 1. The van der Waals surface area contributed by atoms with Crippen molar-refractivity contribution in [2.24, 2.45) is 0 Å². The molecule has 0 aliphatic carbocycles. The number of carboxylic acid groups (broad SMARTS) is 2. The van der Waals surface area contributed by atoms with Crippen LogP contribution in [-0.2, 0) is 16.1 Å². The number of hydrogen-bond acceptors (Lipinski definition) is 6. The Hall–Kier alpha value is -2.49. The highest BCUT2D eigenvalue weighted by Crippen LogP contribution is 2.07. The molecular weight excluding hydrogens is 318 g/mol. The van der Waals surface area contributed by atoms with Gasteiger partial charge >= 0.3 is 11.9 Å². The van der Waals surface area contributed by atoms with E-state index >= 15 is 0 Å². The Kier molecular flexibility index (Phi) is 9.25. The first-order valence-electron chi connectivity index (χ1n) is 7.01. The van der Waals surface area contributed by atoms with Crippen molar-refractivity contribution in [3.8, 4) is 0 Å². The molecule has 134 valence electrons. The minimum absolute atomic E-state index is 0.0943. The fourth-order valence-corrected chi connectivity index (χ4v) is 1.38. The van der Waals surface area contributed by atoms with E-state index in [2.05, 4.69) is 16.2 Å². The first-order chi connectivity index (χ1) is 11.1. The number of nitrogens with one attached hydrogen (secondary N) is 3. The van der Waals surface area contributed by atoms with Crippen molar-refractivity contribution in [2.75, 3.05) is 13.7 Å². The lowest BCUT2D eigenvalue weighted by atomic mass is 10.1. The van der Waals surface area contributed by atoms with Gasteiger partial charge in [-0.15, -0.1) is 0 Å². The van der Waals surface area contributed by atoms with Gasteiger partial charge in [0.25, 0.3) is 5.91 Å². The highest BCUT2D eigenvalue weighted by molar-refractivity contribution is 6.27. The molecule has 6 N–H and O–H groups in total. The summed E-state index contributed by atoms with van der Waals surface area (Å²) in [6.45, 7) is 4.15. The molecule has 1 aromatic rings. The first-order valence-corrected chi connectivity index (χ1v) is 7.01. The highest BCUT2D eigenvalue weighted by atomic mass is 16.4. The van der Waals surface area contributed by atoms with Gasteiger partial charge in [0.05, 0.1) is 12.1 Å². The Bertz CT molecular complexity index is 545. The van der Waals surface area contributed by atoms with Crippen molar-refractivity contribution < 1.29 is 29.7 Å². The summed E-state index contributed by atoms with van der Waals surface area (Å²) < 4.78 is 0. The van der Waals surface area contributed by atoms with Crippen LogP contribution in [0, 0.1) is 0 Å². The monoisotopic (exact) mass is 341 g/mol. The van der Waals surface area contributed by atoms with Crippen molar-refractivity contribution in [3.63, 3.8) is 0 Å². The molecule has 0 saturated carbocycles. The Morgan fingerprint density at radius 1 is 1.04 bits per heavy atom. The summed E-state index contributed by atoms with van der Waals surface area (Å²) >= 11 is 0. The molecule has 0 saturated heterocycles. The summed E-state index contributed by atoms with van der Waals surface area (Å²) in [4.78, 5) is 30.1. The number of hydrogen-bond donors (Lipinski definition) is 6. The number of carbonyl (C=O) groups excluding carboxylic acids is 1. The van der Waals surface area contributed by atoms with E-state index in [0.29, 0.717) is 12.1 Å². The molecule has 0 unspecified atom stereocenters. The fraction of sp³-hybridized carbons (Fsp3) is 0.400. The Morgan fingerprint density at radius 2 is 1.54 bits per heavy atom. The molecule has 1 rings (SSSR count). The van der Waals surface area contributed by atoms with Crippen LogP contribution in [0.2, 0.25) is 0 Å². The van der Waals surface area contributed by atoms with E-state index in [-0.39, 0.29) is 12.5 Å². The predicted molar refractivity (Wildman–Crippen MR) is 86.2 cm³/mol. The van der Waals surface area contributed by atoms with Crippen LogP contribution in [-0.4, -0.2) is 52.4 Å². The van der Waals surface area contributed by atoms with E-state index in [1.165, 1.54) is 0 Å². The third-order valence-electron chi connectivity index (χ3n) is 2.72. The second-order valence-corrected chi connectivity index (χ2v) is 5.41. The standard InChI is InChI=1S/C13H21N3O2.C2H2O4/c1-13(2,9-17)16-12(18)11-6-4-10(5-7-11)8-15-14-3;3-1(4)2(5)6/h4-7,14-15,17H,8-9H2,1-3H3,(H,16,18);(H,3,4)(H,5,6). The van der Waals surface area contributed by atoms with Crippen molar-refractivity contribution in [1.29, 1.82) is 0 Å². The number of rotatable bonds is 6. The number of benzene rings is 1. The minimum Gasteiger partial charge on any atom is -0.473 e. The van der Waals surface area contributed by atoms with Crippen molar-refractivity contribution in [3.05, 3.63) is 35.4 Å². The summed E-state index contributed by atoms with van der Waals surface area (Å²) in [7, 11) is 1.80. The van der Waals surface area contributed by atoms with Crippen molar-refractivity contribution >= 4 is 17.8 Å². The maximum atomic E-state index is 11.9. The largest absolute Gasteiger partial charge is 0.473 e. The van der Waals surface area contributed by atoms with Gasteiger partial charge in [-0.05, 0) is 38.6 Å². The molecule has 0 spiro atoms. The third kappa shape index (κ3) is 8.83. The zero-order chi connectivity index (χ0) is 18.8. The molecule has 1 aromatic carbocycles. The van der Waals surface area contributed by atoms with Crippen molar-refractivity contribution in [2.45, 2.75) is 25.9 Å². The van der Waals surface area contributed by atoms with Crippen LogP contribution in [0.1, 0.15) is 29.8 Å². The second-order valence-electron chi connectivity index (χ2n) is 5.41. The molecule has 1 amide bonds. The molecule has 0 radical (unpaired) electrons. The molecule has 0 bridgehead atoms. The van der Waals surface area contributed by atoms with Gasteiger partial charge in [-0.1, -0.05) is 12.1 Å². The van der Waals surface area contributed by atoms with E-state index in [1.54, 1.807) is 33.0 Å². The van der Waals surface area contributed by atoms with E-state index in [4.69, 9.17) is 24.9 Å². The quantitative estimate of drug-likeness (QED) is 0.301. The maximum Gasteiger partial charge on any atom is 0.414 e. The Balaban J connectivity index is 0.000000754. The number of hydrazine groups is 1. The summed E-state index contributed by atoms with van der Waals surface area (Å²) in [6, 6.07) is 7.33. The van der Waals surface area contributed by atoms with Gasteiger partial charge in [-0.25, -0.2) is 9.59 Å². The number of carbonyl (C=O) groups is 3. The summed E-state index contributed by atoms with van der Waals surface area (Å²) in [6.07, 6.45) is 0. The lowest BCUT2D eigenvalue weighted by Gasteiger charge is -2.23. The maximum absolute atomic E-state index is 11.9. The van der Waals surface area contributed by atoms with Gasteiger partial charge in [0.15, 0.2) is 0 Å². The van der Waals surface area contributed by atoms with Crippen LogP contribution < -0.4 is 16.2 Å². The SMILES string of the molecule is CNNCc1ccc(C(=O)NC(C)(C)CO)cc1.O=C(O)C(=O)O. The Morgan fingerprint density at radius 3 is 1.92 bits per heavy atom. The molecular formula is C15H23N3O6. The third-order valence-corrected chi connectivity index (χ3v) is 2.72. The highest BCUT2D eigenvalue weighted by Gasteiger charge is 2.19. The van der Waals surface area contributed by atoms with E-state index in [0.717, 1.165) is 5.56 Å². The normalized spacial score (nSPS) is 10.3. The lowest BCUT2D eigenvalue weighted by molar-refractivity contribution is -0.159. The molecule has 0 heterocycles. The van der Waals surface area contributed by atoms with E-state index in [1.807, 2.05) is 12.1 Å². The van der Waals surface area contributed by atoms with Gasteiger partial charge in [0, 0.05) is 12.1 Å². The molecule has 9 heteroatoms. The smallest absolute Gasteiger partial charge is 0.414 e. The minimum atomic E-state index is -1.82. The molecule has 0 aromatic heterocycles. The lowest BCUT2D eigenvalue weighted by Crippen LogP contribution is -2.46. The number of aliphatic carboxylic acids is 2. The van der Waals surface area contributed by atoms with Gasteiger partial charge in [0.1, 0.15) is 0 Å². The van der Waals surface area contributed by atoms with Gasteiger partial charge in [-0.2, -0.15) is 0 Å². The summed E-state index contributed by atoms with van der Waals surface area (Å²) in [5, 5.41) is 26.7. The second kappa shape index (κ2) is 10.3. The average Bonchev–Trinajstić information content (AvgIpc) is 2.53. The van der Waals surface area contributed by atoms with Gasteiger partial charge in [0.2, 0.25) is 0 Å². The van der Waals surface area contributed by atoms with Crippen molar-refractivity contribution in [1.82, 2.24) is 16.2 Å². The number of aliphatic hydroxyl groups excluding tert-OH is 1. The zero-order valence-corrected chi connectivity index (χ0v) is 13.8. The number of aliphatic hydroxyl groups is 1. The van der Waals surface area contributed by atoms with E-state index < -0.39 is 17.5 Å². The summed E-state index contributed by atoms with van der Waals surface area (Å²) in [5.41, 5.74) is 6.88. The van der Waals surface area contributed by atoms with Gasteiger partial charge in [-0.3, -0.25) is 15.6 Å². The topological polar surface area (TPSA) is 148 Å². The predicted octanol–water partition coefficient (Wildman–Crippen LogP) is -0.433. The summed E-state index contributed by atoms with van der Waals surface area (Å²) in [5.74, 6) is -3.83. The number of carboxylic acids is 2. The zero-order valence-electron chi connectivity index (χ0n) is 13.8. The van der Waals surface area contributed by atoms with E-state index in [9.17, 15) is 4.79 Å². The molecule has 0 aliphatic heterocycles. The van der Waals surface area contributed by atoms with Crippen LogP contribution in [0.15, 0.2) is 24.3 Å². The van der Waals surface area contributed by atoms with Crippen LogP contribution in [0.25, 0.3) is 0 Å². The van der Waals surface area contributed by atoms with Crippen LogP contribution in [0.3, 0.4) is 0 Å². The molecule has 0 atom stereocenters.